The van der Waals surface area contributed by atoms with Crippen LogP contribution in [0.5, 0.6) is 0 Å². The quantitative estimate of drug-likeness (QED) is 0.887. The third-order valence-electron chi connectivity index (χ3n) is 4.24. The number of carbonyl (C=O) groups excluding carboxylic acids is 1. The molecule has 1 fully saturated rings. The van der Waals surface area contributed by atoms with Crippen molar-refractivity contribution in [3.8, 4) is 0 Å². The molecule has 1 saturated heterocycles. The van der Waals surface area contributed by atoms with Gasteiger partial charge in [0.25, 0.3) is 0 Å². The number of hydrogen-bond donors (Lipinski definition) is 1. The molecule has 0 radical (unpaired) electrons. The number of pyridine rings is 1. The molecule has 1 aromatic carbocycles. The van der Waals surface area contributed by atoms with Crippen LogP contribution in [0.4, 0.5) is 14.9 Å². The Bertz CT molecular complexity index is 760. The van der Waals surface area contributed by atoms with Gasteiger partial charge in [0.05, 0.1) is 6.20 Å². The van der Waals surface area contributed by atoms with Crippen molar-refractivity contribution in [3.05, 3.63) is 36.4 Å². The molecule has 5 nitrogen and oxygen atoms in total. The Morgan fingerprint density at radius 2 is 2.00 bits per heavy atom. The Balaban J connectivity index is 1.64. The lowest BCUT2D eigenvalue weighted by Gasteiger charge is -2.34. The Hall–Kier alpha value is -2.37. The van der Waals surface area contributed by atoms with Gasteiger partial charge in [0.15, 0.2) is 5.82 Å². The topological polar surface area (TPSA) is 54.5 Å². The summed E-state index contributed by atoms with van der Waals surface area (Å²) in [5.41, 5.74) is 0.286. The molecule has 1 aliphatic heterocycles. The van der Waals surface area contributed by atoms with Crippen LogP contribution in [0, 0.1) is 5.82 Å². The third-order valence-corrected chi connectivity index (χ3v) is 4.24. The van der Waals surface area contributed by atoms with Crippen LogP contribution in [-0.4, -0.2) is 40.7 Å². The first-order valence-electron chi connectivity index (χ1n) is 8.60. The number of rotatable bonds is 2. The number of ether oxygens (including phenoxy) is 1. The van der Waals surface area contributed by atoms with Crippen molar-refractivity contribution in [1.82, 2.24) is 9.88 Å². The van der Waals surface area contributed by atoms with Crippen molar-refractivity contribution in [2.24, 2.45) is 0 Å². The lowest BCUT2D eigenvalue weighted by molar-refractivity contribution is 0.0210. The second-order valence-electron chi connectivity index (χ2n) is 7.41. The summed E-state index contributed by atoms with van der Waals surface area (Å²) in [6, 6.07) is 5.81. The summed E-state index contributed by atoms with van der Waals surface area (Å²) in [6.07, 6.45) is 4.21. The average molecular weight is 345 g/mol. The van der Waals surface area contributed by atoms with Crippen LogP contribution in [0.15, 0.2) is 30.6 Å². The number of fused-ring (bicyclic) bond motifs is 1. The lowest BCUT2D eigenvalue weighted by atomic mass is 10.0. The van der Waals surface area contributed by atoms with Crippen LogP contribution in [0.1, 0.15) is 33.6 Å². The van der Waals surface area contributed by atoms with E-state index in [0.29, 0.717) is 18.5 Å². The highest BCUT2D eigenvalue weighted by Gasteiger charge is 2.27. The van der Waals surface area contributed by atoms with Crippen LogP contribution in [0.2, 0.25) is 0 Å². The standard InChI is InChI=1S/C19H24FN3O2/c1-19(2,3)25-18(24)23-9-7-14(8-10-23)22-16-6-4-5-13-11-21-12-15(20)17(13)16/h4-6,11-12,14,22H,7-10H2,1-3H3. The van der Waals surface area contributed by atoms with Crippen molar-refractivity contribution >= 4 is 22.6 Å². The predicted octanol–water partition coefficient (Wildman–Crippen LogP) is 4.19. The molecule has 1 aliphatic rings. The smallest absolute Gasteiger partial charge is 0.410 e. The Kier molecular flexibility index (Phi) is 4.79. The molecular weight excluding hydrogens is 321 g/mol. The maximum atomic E-state index is 14.2. The second kappa shape index (κ2) is 6.86. The molecule has 0 unspecified atom stereocenters. The minimum absolute atomic E-state index is 0.192. The molecule has 25 heavy (non-hydrogen) atoms. The minimum atomic E-state index is -0.485. The SMILES string of the molecule is CC(C)(C)OC(=O)N1CCC(Nc2cccc3cncc(F)c23)CC1. The van der Waals surface area contributed by atoms with E-state index in [1.165, 1.54) is 6.20 Å². The van der Waals surface area contributed by atoms with Crippen LogP contribution in [0.25, 0.3) is 10.8 Å². The minimum Gasteiger partial charge on any atom is -0.444 e. The Morgan fingerprint density at radius 3 is 2.68 bits per heavy atom. The summed E-state index contributed by atoms with van der Waals surface area (Å²) in [6.45, 7) is 6.85. The molecular formula is C19H24FN3O2. The van der Waals surface area contributed by atoms with E-state index in [1.807, 2.05) is 39.0 Å². The maximum Gasteiger partial charge on any atom is 0.410 e. The van der Waals surface area contributed by atoms with Gasteiger partial charge >= 0.3 is 6.09 Å². The molecule has 134 valence electrons. The second-order valence-corrected chi connectivity index (χ2v) is 7.41. The highest BCUT2D eigenvalue weighted by atomic mass is 19.1. The Labute approximate surface area is 147 Å². The van der Waals surface area contributed by atoms with Crippen LogP contribution < -0.4 is 5.32 Å². The predicted molar refractivity (Wildman–Crippen MR) is 96.2 cm³/mol. The van der Waals surface area contributed by atoms with Crippen molar-refractivity contribution in [1.29, 1.82) is 0 Å². The van der Waals surface area contributed by atoms with Gasteiger partial charge in [-0.15, -0.1) is 0 Å². The normalized spacial score (nSPS) is 16.1. The zero-order valence-electron chi connectivity index (χ0n) is 14.9. The highest BCUT2D eigenvalue weighted by molar-refractivity contribution is 5.93. The van der Waals surface area contributed by atoms with Gasteiger partial charge in [-0.25, -0.2) is 9.18 Å². The zero-order chi connectivity index (χ0) is 18.0. The zero-order valence-corrected chi connectivity index (χ0v) is 14.9. The largest absolute Gasteiger partial charge is 0.444 e. The number of hydrogen-bond acceptors (Lipinski definition) is 4. The summed E-state index contributed by atoms with van der Waals surface area (Å²) in [7, 11) is 0. The van der Waals surface area contributed by atoms with Crippen LogP contribution in [0.3, 0.4) is 0 Å². The number of piperidine rings is 1. The summed E-state index contributed by atoms with van der Waals surface area (Å²) in [5, 5.41) is 4.76. The van der Waals surface area contributed by atoms with E-state index in [9.17, 15) is 9.18 Å². The fourth-order valence-electron chi connectivity index (χ4n) is 3.06. The van der Waals surface area contributed by atoms with Gasteiger partial charge in [0.1, 0.15) is 5.60 Å². The van der Waals surface area contributed by atoms with Gasteiger partial charge in [-0.2, -0.15) is 0 Å². The lowest BCUT2D eigenvalue weighted by Crippen LogP contribution is -2.44. The van der Waals surface area contributed by atoms with Gasteiger partial charge in [0.2, 0.25) is 0 Å². The molecule has 1 N–H and O–H groups in total. The fraction of sp³-hybridized carbons (Fsp3) is 0.474. The number of nitrogens with one attached hydrogen (secondary N) is 1. The molecule has 0 spiro atoms. The fourth-order valence-corrected chi connectivity index (χ4v) is 3.06. The first-order chi connectivity index (χ1) is 11.8. The van der Waals surface area contributed by atoms with E-state index in [0.717, 1.165) is 23.9 Å². The van der Waals surface area contributed by atoms with Crippen LogP contribution >= 0.6 is 0 Å². The number of aromatic nitrogens is 1. The van der Waals surface area contributed by atoms with E-state index in [2.05, 4.69) is 10.3 Å². The number of carbonyl (C=O) groups is 1. The number of nitrogens with zero attached hydrogens (tertiary/aromatic N) is 2. The monoisotopic (exact) mass is 345 g/mol. The number of benzene rings is 1. The van der Waals surface area contributed by atoms with E-state index in [-0.39, 0.29) is 18.0 Å². The number of amides is 1. The van der Waals surface area contributed by atoms with Crippen molar-refractivity contribution in [2.45, 2.75) is 45.3 Å². The molecule has 0 aliphatic carbocycles. The maximum absolute atomic E-state index is 14.2. The van der Waals surface area contributed by atoms with E-state index >= 15 is 0 Å². The average Bonchev–Trinajstić information content (AvgIpc) is 2.54. The molecule has 3 rings (SSSR count). The molecule has 6 heteroatoms. The summed E-state index contributed by atoms with van der Waals surface area (Å²) >= 11 is 0. The van der Waals surface area contributed by atoms with Crippen molar-refractivity contribution < 1.29 is 13.9 Å². The van der Waals surface area contributed by atoms with Gasteiger partial charge in [-0.1, -0.05) is 12.1 Å². The molecule has 1 aromatic heterocycles. The highest BCUT2D eigenvalue weighted by Crippen LogP contribution is 2.27. The molecule has 2 heterocycles. The van der Waals surface area contributed by atoms with E-state index in [4.69, 9.17) is 4.74 Å². The molecule has 2 aromatic rings. The van der Waals surface area contributed by atoms with Gasteiger partial charge in [-0.3, -0.25) is 4.98 Å². The van der Waals surface area contributed by atoms with Gasteiger partial charge < -0.3 is 15.0 Å². The van der Waals surface area contributed by atoms with E-state index in [1.54, 1.807) is 11.1 Å². The third kappa shape index (κ3) is 4.18. The Morgan fingerprint density at radius 1 is 1.28 bits per heavy atom. The molecule has 0 saturated carbocycles. The van der Waals surface area contributed by atoms with E-state index < -0.39 is 5.60 Å². The van der Waals surface area contributed by atoms with Gasteiger partial charge in [0, 0.05) is 41.8 Å². The van der Waals surface area contributed by atoms with Gasteiger partial charge in [-0.05, 0) is 39.7 Å². The van der Waals surface area contributed by atoms with Crippen molar-refractivity contribution in [3.63, 3.8) is 0 Å². The number of anilines is 1. The molecule has 0 bridgehead atoms. The molecule has 1 amide bonds. The van der Waals surface area contributed by atoms with Crippen molar-refractivity contribution in [2.75, 3.05) is 18.4 Å². The number of halogens is 1. The summed E-state index contributed by atoms with van der Waals surface area (Å²) < 4.78 is 19.6. The number of likely N-dealkylation sites (tertiary alicyclic amines) is 1. The first-order valence-corrected chi connectivity index (χ1v) is 8.60. The first kappa shape index (κ1) is 17.5. The summed E-state index contributed by atoms with van der Waals surface area (Å²) in [4.78, 5) is 17.8. The summed E-state index contributed by atoms with van der Waals surface area (Å²) in [5.74, 6) is -0.327. The van der Waals surface area contributed by atoms with Crippen LogP contribution in [-0.2, 0) is 4.74 Å². The molecule has 0 atom stereocenters.